The van der Waals surface area contributed by atoms with Crippen LogP contribution in [0.2, 0.25) is 5.02 Å². The number of sulfonamides is 1. The number of hydrogen-bond donors (Lipinski definition) is 4. The quantitative estimate of drug-likeness (QED) is 0.427. The van der Waals surface area contributed by atoms with E-state index in [0.29, 0.717) is 30.9 Å². The number of amides is 1. The number of aliphatic hydroxyl groups excluding tert-OH is 1. The molecule has 1 amide bonds. The maximum atomic E-state index is 13.5. The Balaban J connectivity index is 0.00000277. The van der Waals surface area contributed by atoms with E-state index in [9.17, 15) is 28.5 Å². The summed E-state index contributed by atoms with van der Waals surface area (Å²) in [5.74, 6) is -0.812. The van der Waals surface area contributed by atoms with Crippen LogP contribution >= 0.6 is 11.6 Å². The van der Waals surface area contributed by atoms with E-state index >= 15 is 0 Å². The minimum atomic E-state index is -4.37. The van der Waals surface area contributed by atoms with Crippen LogP contribution in [-0.2, 0) is 26.7 Å². The van der Waals surface area contributed by atoms with E-state index in [2.05, 4.69) is 4.90 Å². The summed E-state index contributed by atoms with van der Waals surface area (Å²) >= 11 is 6.07. The summed E-state index contributed by atoms with van der Waals surface area (Å²) in [7, 11) is -4.37. The molecule has 4 N–H and O–H groups in total. The number of aromatic hydroxyl groups is 1. The predicted octanol–water partition coefficient (Wildman–Crippen LogP) is 3.17. The number of nitrogens with zero attached hydrogens (tertiary/aromatic N) is 1. The Hall–Kier alpha value is -2.79. The number of benzene rings is 2. The van der Waals surface area contributed by atoms with Crippen LogP contribution in [0.15, 0.2) is 52.6 Å². The lowest BCUT2D eigenvalue weighted by molar-refractivity contribution is -0.172. The molecule has 2 heterocycles. The highest BCUT2D eigenvalue weighted by Gasteiger charge is 2.73. The number of phenolic OH excluding ortho intramolecular Hbond substituents is 1. The molecular weight excluding hydrogens is 544 g/mol. The van der Waals surface area contributed by atoms with Gasteiger partial charge in [0.2, 0.25) is 0 Å². The highest BCUT2D eigenvalue weighted by Crippen LogP contribution is 2.66. The van der Waals surface area contributed by atoms with Crippen LogP contribution in [0.5, 0.6) is 11.5 Å². The molecule has 39 heavy (non-hydrogen) atoms. The van der Waals surface area contributed by atoms with Gasteiger partial charge in [0, 0.05) is 24.6 Å². The van der Waals surface area contributed by atoms with Crippen molar-refractivity contribution in [3.63, 3.8) is 0 Å². The molecule has 0 aromatic heterocycles. The summed E-state index contributed by atoms with van der Waals surface area (Å²) in [4.78, 5) is 15.5. The third kappa shape index (κ3) is 3.51. The molecule has 1 spiro atoms. The van der Waals surface area contributed by atoms with Gasteiger partial charge in [-0.3, -0.25) is 9.69 Å². The second-order valence-corrected chi connectivity index (χ2v) is 13.2. The Kier molecular flexibility index (Phi) is 5.83. The fourth-order valence-corrected chi connectivity index (χ4v) is 8.77. The van der Waals surface area contributed by atoms with Crippen LogP contribution in [0.4, 0.5) is 0 Å². The van der Waals surface area contributed by atoms with Gasteiger partial charge in [-0.2, -0.15) is 0 Å². The van der Waals surface area contributed by atoms with Crippen LogP contribution in [0.25, 0.3) is 0 Å². The monoisotopic (exact) mass is 574 g/mol. The number of piperidine rings is 1. The van der Waals surface area contributed by atoms with Gasteiger partial charge >= 0.3 is 0 Å². The zero-order valence-corrected chi connectivity index (χ0v) is 21.9. The minimum Gasteiger partial charge on any atom is -0.508 e. The number of carbonyl (C=O) groups is 1. The molecule has 2 aliphatic heterocycles. The lowest BCUT2D eigenvalue weighted by Gasteiger charge is -2.62. The van der Waals surface area contributed by atoms with Gasteiger partial charge in [-0.05, 0) is 61.9 Å². The predicted molar refractivity (Wildman–Crippen MR) is 143 cm³/mol. The number of aliphatic hydroxyl groups is 2. The first-order chi connectivity index (χ1) is 18.1. The number of phenols is 1. The van der Waals surface area contributed by atoms with Crippen molar-refractivity contribution in [1.82, 2.24) is 9.62 Å². The Labute approximate surface area is 232 Å². The second kappa shape index (κ2) is 8.60. The van der Waals surface area contributed by atoms with Gasteiger partial charge < -0.3 is 20.1 Å². The first kappa shape index (κ1) is 26.4. The van der Waals surface area contributed by atoms with Gasteiger partial charge in [0.25, 0.3) is 15.9 Å². The largest absolute Gasteiger partial charge is 0.508 e. The second-order valence-electron chi connectivity index (χ2n) is 11.2. The van der Waals surface area contributed by atoms with E-state index in [1.807, 2.05) is 10.8 Å². The van der Waals surface area contributed by atoms with Crippen molar-refractivity contribution in [2.45, 2.75) is 67.6 Å². The highest BCUT2D eigenvalue weighted by atomic mass is 35.5. The van der Waals surface area contributed by atoms with Crippen molar-refractivity contribution in [2.75, 3.05) is 13.1 Å². The number of halogens is 1. The molecule has 0 radical (unpaired) electrons. The molecule has 7 rings (SSSR count). The molecule has 2 aromatic rings. The average molecular weight is 575 g/mol. The zero-order chi connectivity index (χ0) is 26.6. The number of likely N-dealkylation sites (tertiary alicyclic amines) is 1. The summed E-state index contributed by atoms with van der Waals surface area (Å²) in [6, 6.07) is 8.75. The number of carbonyl (C=O) groups excluding carboxylic acids is 1. The Morgan fingerprint density at radius 1 is 1.18 bits per heavy atom. The van der Waals surface area contributed by atoms with Gasteiger partial charge in [0.05, 0.1) is 21.6 Å². The average Bonchev–Trinajstić information content (AvgIpc) is 3.61. The van der Waals surface area contributed by atoms with Crippen LogP contribution in [0, 0.1) is 5.92 Å². The molecule has 2 aromatic carbocycles. The van der Waals surface area contributed by atoms with Crippen molar-refractivity contribution in [3.8, 4) is 11.5 Å². The van der Waals surface area contributed by atoms with Gasteiger partial charge in [-0.15, -0.1) is 0 Å². The topological polar surface area (TPSA) is 136 Å². The van der Waals surface area contributed by atoms with Crippen LogP contribution < -0.4 is 9.46 Å². The fourth-order valence-electron chi connectivity index (χ4n) is 7.27. The number of hydrogen-bond acceptors (Lipinski definition) is 8. The van der Waals surface area contributed by atoms with Crippen molar-refractivity contribution in [1.29, 1.82) is 0 Å². The molecule has 2 bridgehead atoms. The third-order valence-electron chi connectivity index (χ3n) is 9.14. The van der Waals surface area contributed by atoms with Gasteiger partial charge in [0.1, 0.15) is 10.7 Å². The summed E-state index contributed by atoms with van der Waals surface area (Å²) in [6.07, 6.45) is 1.82. The maximum absolute atomic E-state index is 13.5. The fraction of sp³-hybridized carbons (Fsp3) is 0.464. The molecule has 5 aliphatic rings. The molecular formula is C28H31ClN2O7S. The Morgan fingerprint density at radius 2 is 1.92 bits per heavy atom. The van der Waals surface area contributed by atoms with Crippen molar-refractivity contribution >= 4 is 27.5 Å². The summed E-state index contributed by atoms with van der Waals surface area (Å²) in [5.41, 5.74) is -1.24. The van der Waals surface area contributed by atoms with E-state index in [0.717, 1.165) is 24.9 Å². The molecule has 11 heteroatoms. The summed E-state index contributed by atoms with van der Waals surface area (Å²) < 4.78 is 34.2. The van der Waals surface area contributed by atoms with E-state index < -0.39 is 38.8 Å². The molecule has 9 nitrogen and oxygen atoms in total. The summed E-state index contributed by atoms with van der Waals surface area (Å²) in [5, 5.41) is 34.6. The number of rotatable bonds is 5. The smallest absolute Gasteiger partial charge is 0.265 e. The Morgan fingerprint density at radius 3 is 2.64 bits per heavy atom. The summed E-state index contributed by atoms with van der Waals surface area (Å²) in [6.45, 7) is 1.50. The normalized spacial score (nSPS) is 30.7. The first-order valence-corrected chi connectivity index (χ1v) is 14.6. The number of ether oxygens (including phenoxy) is 1. The molecule has 208 valence electrons. The molecule has 4 atom stereocenters. The van der Waals surface area contributed by atoms with E-state index in [1.165, 1.54) is 18.2 Å². The zero-order valence-electron chi connectivity index (χ0n) is 20.4. The van der Waals surface area contributed by atoms with Gasteiger partial charge in [-0.1, -0.05) is 37.2 Å². The van der Waals surface area contributed by atoms with Crippen LogP contribution in [-0.4, -0.2) is 65.4 Å². The third-order valence-corrected chi connectivity index (χ3v) is 11.0. The number of nitrogens with one attached hydrogen (secondary N) is 1. The van der Waals surface area contributed by atoms with E-state index in [1.54, 1.807) is 12.1 Å². The van der Waals surface area contributed by atoms with Crippen LogP contribution in [0.3, 0.4) is 0 Å². The highest BCUT2D eigenvalue weighted by molar-refractivity contribution is 7.90. The first-order valence-electron chi connectivity index (χ1n) is 12.8. The Bertz CT molecular complexity index is 1540. The molecule has 1 saturated carbocycles. The standard InChI is InChI=1S/C27H27ClN2O7S.CH4/c28-17-3-1-2-4-19(17)38(35,36)29-25(33)16-12-27(34)20-11-15-7-8-18(31)23-21(15)26(27,24(37-23)22(16)32)9-10-30(20)13-14-5-6-14;/h1-4,7-8,14,20,24,31-32,34H,5-6,9-13H2,(H,29,33);1H4/t20-,24+,26+,27-;/m1./s1. The molecule has 3 aliphatic carbocycles. The van der Waals surface area contributed by atoms with Crippen molar-refractivity contribution in [2.24, 2.45) is 5.92 Å². The SMILES string of the molecule is C.O=C(NS(=O)(=O)c1ccccc1Cl)C1=C(O)[C@@H]2Oc3c(O)ccc4c3[C@@]23CCN(CC2CC2)[C@H](C4)[C@]3(O)C1. The van der Waals surface area contributed by atoms with E-state index in [-0.39, 0.29) is 46.9 Å². The lowest BCUT2D eigenvalue weighted by atomic mass is 9.49. The maximum Gasteiger partial charge on any atom is 0.265 e. The van der Waals surface area contributed by atoms with Crippen molar-refractivity contribution < 1.29 is 33.3 Å². The molecule has 2 fully saturated rings. The molecule has 1 saturated heterocycles. The van der Waals surface area contributed by atoms with Crippen molar-refractivity contribution in [3.05, 3.63) is 63.9 Å². The minimum absolute atomic E-state index is 0. The molecule has 0 unspecified atom stereocenters. The van der Waals surface area contributed by atoms with E-state index in [4.69, 9.17) is 16.3 Å². The lowest BCUT2D eigenvalue weighted by Crippen LogP contribution is -2.75. The van der Waals surface area contributed by atoms with Crippen LogP contribution in [0.1, 0.15) is 44.2 Å². The van der Waals surface area contributed by atoms with Gasteiger partial charge in [0.15, 0.2) is 17.6 Å². The van der Waals surface area contributed by atoms with Gasteiger partial charge in [-0.25, -0.2) is 13.1 Å².